The summed E-state index contributed by atoms with van der Waals surface area (Å²) in [6.45, 7) is 13.3. The molecular weight excluding hydrogens is 1060 g/mol. The minimum absolute atomic E-state index is 0.0915. The fourth-order valence-corrected chi connectivity index (χ4v) is 15.2. The van der Waals surface area contributed by atoms with Crippen LogP contribution in [0.4, 0.5) is 0 Å². The Balaban J connectivity index is 0.899. The standard InChI is InChI=1S/C67H80O16/c1-7-38(2)37-74-63-39(3)52-50(77-63)35-49-47-29-28-45-34-46(30-32-66(45,5)48(47)31-33-67(49,52)6)76-65-57(55(53(69)51(36-68)78-65)80-60(71)42-22-14-9-15-23-42)83-64-58(82-62(73)44-26-18-11-19-27-44)56(81-61(72)43-24-16-10-17-25-43)54(40(4)75-64)79-59(70)41-20-12-8-13-21-41/h8-28,38-40,46-58,63-65,68-69H,7,29-37H2,1-6H3. The topological polar surface area (TPSA) is 201 Å². The molecule has 6 fully saturated rings. The van der Waals surface area contributed by atoms with E-state index in [1.54, 1.807) is 128 Å². The lowest BCUT2D eigenvalue weighted by Crippen LogP contribution is -2.66. The van der Waals surface area contributed by atoms with Gasteiger partial charge in [0.15, 0.2) is 49.4 Å². The number of fused-ring (bicyclic) bond motifs is 7. The van der Waals surface area contributed by atoms with Gasteiger partial charge in [-0.15, -0.1) is 0 Å². The molecule has 3 saturated heterocycles. The third-order valence-electron chi connectivity index (χ3n) is 19.8. The summed E-state index contributed by atoms with van der Waals surface area (Å²) in [4.78, 5) is 56.7. The van der Waals surface area contributed by atoms with Crippen LogP contribution in [0.2, 0.25) is 0 Å². The molecular formula is C67H80O16. The van der Waals surface area contributed by atoms with E-state index in [1.807, 2.05) is 0 Å². The van der Waals surface area contributed by atoms with Crippen molar-refractivity contribution in [1.29, 1.82) is 0 Å². The van der Waals surface area contributed by atoms with E-state index in [1.165, 1.54) is 5.57 Å². The molecule has 2 N–H and O–H groups in total. The average Bonchev–Trinajstić information content (AvgIpc) is 1.82. The van der Waals surface area contributed by atoms with Gasteiger partial charge in [0.1, 0.15) is 12.2 Å². The van der Waals surface area contributed by atoms with Gasteiger partial charge in [0.05, 0.1) is 53.8 Å². The van der Waals surface area contributed by atoms with Gasteiger partial charge < -0.3 is 57.6 Å². The first-order valence-corrected chi connectivity index (χ1v) is 30.0. The Labute approximate surface area is 486 Å². The molecule has 444 valence electrons. The Morgan fingerprint density at radius 1 is 0.627 bits per heavy atom. The van der Waals surface area contributed by atoms with Crippen LogP contribution in [0.1, 0.15) is 134 Å². The van der Waals surface area contributed by atoms with Crippen molar-refractivity contribution in [2.75, 3.05) is 13.2 Å². The van der Waals surface area contributed by atoms with Crippen molar-refractivity contribution in [1.82, 2.24) is 0 Å². The molecule has 4 aromatic carbocycles. The van der Waals surface area contributed by atoms with Gasteiger partial charge in [0.2, 0.25) is 0 Å². The highest BCUT2D eigenvalue weighted by Gasteiger charge is 2.66. The monoisotopic (exact) mass is 1140 g/mol. The largest absolute Gasteiger partial charge is 0.453 e. The number of ether oxygens (including phenoxy) is 10. The highest BCUT2D eigenvalue weighted by Crippen LogP contribution is 2.69. The van der Waals surface area contributed by atoms with Gasteiger partial charge in [0, 0.05) is 5.92 Å². The van der Waals surface area contributed by atoms with Crippen molar-refractivity contribution in [3.8, 4) is 0 Å². The van der Waals surface area contributed by atoms with Crippen molar-refractivity contribution in [2.45, 2.75) is 173 Å². The minimum atomic E-state index is -1.70. The van der Waals surface area contributed by atoms with Gasteiger partial charge in [-0.1, -0.05) is 125 Å². The minimum Gasteiger partial charge on any atom is -0.453 e. The van der Waals surface area contributed by atoms with Crippen LogP contribution in [-0.4, -0.2) is 127 Å². The molecule has 11 rings (SSSR count). The summed E-state index contributed by atoms with van der Waals surface area (Å²) >= 11 is 0. The summed E-state index contributed by atoms with van der Waals surface area (Å²) < 4.78 is 65.3. The van der Waals surface area contributed by atoms with Crippen molar-refractivity contribution < 1.29 is 76.8 Å². The van der Waals surface area contributed by atoms with E-state index < -0.39 is 98.0 Å². The van der Waals surface area contributed by atoms with E-state index >= 15 is 0 Å². The number of carbonyl (C=O) groups excluding carboxylic acids is 4. The molecule has 21 atom stereocenters. The fourth-order valence-electron chi connectivity index (χ4n) is 15.2. The molecule has 3 saturated carbocycles. The van der Waals surface area contributed by atoms with Crippen LogP contribution >= 0.6 is 0 Å². The normalized spacial score (nSPS) is 37.5. The molecule has 3 heterocycles. The number of carbonyl (C=O) groups is 4. The molecule has 83 heavy (non-hydrogen) atoms. The number of aliphatic hydroxyl groups is 2. The molecule has 7 aliphatic rings. The highest BCUT2D eigenvalue weighted by molar-refractivity contribution is 5.91. The van der Waals surface area contributed by atoms with Crippen molar-refractivity contribution >= 4 is 23.9 Å². The van der Waals surface area contributed by atoms with E-state index in [2.05, 4.69) is 40.7 Å². The van der Waals surface area contributed by atoms with Gasteiger partial charge in [-0.3, -0.25) is 0 Å². The van der Waals surface area contributed by atoms with Gasteiger partial charge in [-0.2, -0.15) is 0 Å². The summed E-state index contributed by atoms with van der Waals surface area (Å²) in [7, 11) is 0. The van der Waals surface area contributed by atoms with Crippen LogP contribution < -0.4 is 0 Å². The van der Waals surface area contributed by atoms with Crippen molar-refractivity contribution in [3.05, 3.63) is 155 Å². The van der Waals surface area contributed by atoms with E-state index in [0.29, 0.717) is 55.0 Å². The molecule has 16 nitrogen and oxygen atoms in total. The molecule has 0 bridgehead atoms. The zero-order chi connectivity index (χ0) is 58.2. The number of aliphatic hydroxyl groups excluding tert-OH is 2. The number of rotatable bonds is 17. The third-order valence-corrected chi connectivity index (χ3v) is 19.8. The molecule has 0 radical (unpaired) electrons. The van der Waals surface area contributed by atoms with Gasteiger partial charge in [0.25, 0.3) is 0 Å². The molecule has 4 aromatic rings. The first kappa shape index (κ1) is 58.9. The molecule has 4 aliphatic carbocycles. The molecule has 0 amide bonds. The fraction of sp³-hybridized carbons (Fsp3) is 0.552. The summed E-state index contributed by atoms with van der Waals surface area (Å²) in [5.74, 6) is -0.521. The number of allylic oxidation sites excluding steroid dienone is 1. The lowest BCUT2D eigenvalue weighted by atomic mass is 9.47. The van der Waals surface area contributed by atoms with Gasteiger partial charge in [-0.25, -0.2) is 19.2 Å². The van der Waals surface area contributed by atoms with Crippen LogP contribution in [-0.2, 0) is 47.4 Å². The van der Waals surface area contributed by atoms with Gasteiger partial charge >= 0.3 is 23.9 Å². The molecule has 21 unspecified atom stereocenters. The highest BCUT2D eigenvalue weighted by atomic mass is 16.8. The van der Waals surface area contributed by atoms with Crippen LogP contribution in [0.15, 0.2) is 133 Å². The maximum atomic E-state index is 14.3. The first-order valence-electron chi connectivity index (χ1n) is 30.0. The number of hydrogen-bond acceptors (Lipinski definition) is 16. The number of hydrogen-bond donors (Lipinski definition) is 2. The van der Waals surface area contributed by atoms with E-state index in [-0.39, 0.29) is 45.5 Å². The maximum absolute atomic E-state index is 14.3. The van der Waals surface area contributed by atoms with Crippen LogP contribution in [0.25, 0.3) is 0 Å². The van der Waals surface area contributed by atoms with Crippen molar-refractivity contribution in [2.24, 2.45) is 46.3 Å². The zero-order valence-electron chi connectivity index (χ0n) is 48.3. The predicted octanol–water partition coefficient (Wildman–Crippen LogP) is 10.1. The van der Waals surface area contributed by atoms with Crippen LogP contribution in [0.3, 0.4) is 0 Å². The van der Waals surface area contributed by atoms with Crippen molar-refractivity contribution in [3.63, 3.8) is 0 Å². The Bertz CT molecular complexity index is 2910. The molecule has 16 heteroatoms. The predicted molar refractivity (Wildman–Crippen MR) is 302 cm³/mol. The lowest BCUT2D eigenvalue weighted by molar-refractivity contribution is -0.367. The first-order chi connectivity index (χ1) is 40.1. The SMILES string of the molecule is CCC(C)COC1OC2CC3C4CC=C5CC(OC6OC(CO)C(O)C(OC(=O)c7ccccc7)C6OC6OC(C)C(OC(=O)c7ccccc7)C(OC(=O)c7ccccc7)C6OC(=O)c6ccccc6)CCC5(C)C4CCC3(C)C2C1C. The Hall–Kier alpha value is -5.82. The Kier molecular flexibility index (Phi) is 17.8. The molecule has 3 aliphatic heterocycles. The van der Waals surface area contributed by atoms with E-state index in [4.69, 9.17) is 47.4 Å². The summed E-state index contributed by atoms with van der Waals surface area (Å²) in [5.41, 5.74) is 2.03. The molecule has 0 aromatic heterocycles. The second-order valence-electron chi connectivity index (χ2n) is 24.8. The third kappa shape index (κ3) is 11.8. The Morgan fingerprint density at radius 3 is 1.71 bits per heavy atom. The quantitative estimate of drug-likeness (QED) is 0.0574. The lowest BCUT2D eigenvalue weighted by Gasteiger charge is -2.58. The smallest absolute Gasteiger partial charge is 0.338 e. The zero-order valence-corrected chi connectivity index (χ0v) is 48.3. The second-order valence-corrected chi connectivity index (χ2v) is 24.8. The van der Waals surface area contributed by atoms with Crippen LogP contribution in [0.5, 0.6) is 0 Å². The van der Waals surface area contributed by atoms with E-state index in [0.717, 1.165) is 38.5 Å². The Morgan fingerprint density at radius 2 is 1.16 bits per heavy atom. The summed E-state index contributed by atoms with van der Waals surface area (Å²) in [6.07, 6.45) is -5.77. The number of esters is 4. The molecule has 0 spiro atoms. The maximum Gasteiger partial charge on any atom is 0.338 e. The summed E-state index contributed by atoms with van der Waals surface area (Å²) in [6, 6.07) is 32.8. The number of benzene rings is 4. The average molecular weight is 1140 g/mol. The summed E-state index contributed by atoms with van der Waals surface area (Å²) in [5, 5.41) is 23.0. The van der Waals surface area contributed by atoms with E-state index in [9.17, 15) is 29.4 Å². The van der Waals surface area contributed by atoms with Crippen LogP contribution in [0, 0.1) is 46.3 Å². The second kappa shape index (κ2) is 25.0. The van der Waals surface area contributed by atoms with Gasteiger partial charge in [-0.05, 0) is 141 Å².